The van der Waals surface area contributed by atoms with Gasteiger partial charge in [0.05, 0.1) is 6.61 Å². The van der Waals surface area contributed by atoms with Gasteiger partial charge in [0.25, 0.3) is 0 Å². The highest BCUT2D eigenvalue weighted by atomic mass is 35.5. The lowest BCUT2D eigenvalue weighted by atomic mass is 9.80. The Morgan fingerprint density at radius 1 is 1.14 bits per heavy atom. The van der Waals surface area contributed by atoms with Crippen molar-refractivity contribution in [2.45, 2.75) is 25.7 Å². The van der Waals surface area contributed by atoms with E-state index in [1.54, 1.807) is 0 Å². The van der Waals surface area contributed by atoms with Crippen molar-refractivity contribution in [2.75, 3.05) is 13.2 Å². The maximum absolute atomic E-state index is 6.02. The summed E-state index contributed by atoms with van der Waals surface area (Å²) in [5, 5.41) is 0.762. The van der Waals surface area contributed by atoms with Crippen molar-refractivity contribution in [1.82, 2.24) is 0 Å². The minimum atomic E-state index is -0.0667. The molecule has 0 saturated heterocycles. The second kappa shape index (κ2) is 6.97. The molecule has 0 aliphatic heterocycles. The highest BCUT2D eigenvalue weighted by molar-refractivity contribution is 6.31. The molecule has 0 aromatic heterocycles. The van der Waals surface area contributed by atoms with Crippen molar-refractivity contribution in [1.29, 1.82) is 0 Å². The molecule has 0 saturated carbocycles. The van der Waals surface area contributed by atoms with Gasteiger partial charge in [0.2, 0.25) is 0 Å². The van der Waals surface area contributed by atoms with E-state index < -0.39 is 0 Å². The third kappa shape index (κ3) is 3.99. The zero-order valence-corrected chi connectivity index (χ0v) is 13.4. The quantitative estimate of drug-likeness (QED) is 0.862. The summed E-state index contributed by atoms with van der Waals surface area (Å²) in [4.78, 5) is 0. The SMILES string of the molecule is Cc1cc(OCCC(C)(CN)c2ccccc2)ccc1Cl. The first-order valence-corrected chi connectivity index (χ1v) is 7.57. The molecule has 2 rings (SSSR count). The van der Waals surface area contributed by atoms with Crippen LogP contribution in [0.2, 0.25) is 5.02 Å². The molecule has 0 aliphatic rings. The summed E-state index contributed by atoms with van der Waals surface area (Å²) in [6, 6.07) is 16.1. The highest BCUT2D eigenvalue weighted by Crippen LogP contribution is 2.27. The van der Waals surface area contributed by atoms with E-state index in [9.17, 15) is 0 Å². The first-order valence-electron chi connectivity index (χ1n) is 7.20. The molecule has 2 aromatic carbocycles. The molecular formula is C18H22ClNO. The molecule has 0 spiro atoms. The van der Waals surface area contributed by atoms with Crippen LogP contribution in [0.15, 0.2) is 48.5 Å². The van der Waals surface area contributed by atoms with Crippen LogP contribution < -0.4 is 10.5 Å². The minimum absolute atomic E-state index is 0.0667. The molecule has 0 heterocycles. The van der Waals surface area contributed by atoms with E-state index in [-0.39, 0.29) is 5.41 Å². The molecule has 112 valence electrons. The van der Waals surface area contributed by atoms with Crippen LogP contribution in [0.5, 0.6) is 5.75 Å². The van der Waals surface area contributed by atoms with E-state index in [2.05, 4.69) is 19.1 Å². The van der Waals surface area contributed by atoms with Gasteiger partial charge in [-0.2, -0.15) is 0 Å². The third-order valence-electron chi connectivity index (χ3n) is 3.97. The van der Waals surface area contributed by atoms with Crippen LogP contribution in [0.4, 0.5) is 0 Å². The zero-order valence-electron chi connectivity index (χ0n) is 12.6. The van der Waals surface area contributed by atoms with Gasteiger partial charge in [0, 0.05) is 17.0 Å². The maximum Gasteiger partial charge on any atom is 0.119 e. The van der Waals surface area contributed by atoms with Gasteiger partial charge < -0.3 is 10.5 Å². The minimum Gasteiger partial charge on any atom is -0.494 e. The Balaban J connectivity index is 1.99. The number of aryl methyl sites for hydroxylation is 1. The molecule has 2 N–H and O–H groups in total. The molecule has 0 amide bonds. The molecule has 0 aliphatic carbocycles. The lowest BCUT2D eigenvalue weighted by molar-refractivity contribution is 0.266. The number of rotatable bonds is 6. The normalized spacial score (nSPS) is 13.7. The van der Waals surface area contributed by atoms with Gasteiger partial charge >= 0.3 is 0 Å². The van der Waals surface area contributed by atoms with Gasteiger partial charge in [-0.25, -0.2) is 0 Å². The van der Waals surface area contributed by atoms with Crippen LogP contribution in [0.3, 0.4) is 0 Å². The molecule has 0 bridgehead atoms. The van der Waals surface area contributed by atoms with Gasteiger partial charge in [0.1, 0.15) is 5.75 Å². The monoisotopic (exact) mass is 303 g/mol. The number of hydrogen-bond acceptors (Lipinski definition) is 2. The smallest absolute Gasteiger partial charge is 0.119 e. The van der Waals surface area contributed by atoms with Crippen LogP contribution in [0.25, 0.3) is 0 Å². The lowest BCUT2D eigenvalue weighted by Gasteiger charge is -2.28. The second-order valence-electron chi connectivity index (χ2n) is 5.64. The zero-order chi connectivity index (χ0) is 15.3. The Hall–Kier alpha value is -1.51. The van der Waals surface area contributed by atoms with Gasteiger partial charge in [-0.3, -0.25) is 0 Å². The Morgan fingerprint density at radius 2 is 1.86 bits per heavy atom. The van der Waals surface area contributed by atoms with E-state index in [1.165, 1.54) is 5.56 Å². The number of halogens is 1. The summed E-state index contributed by atoms with van der Waals surface area (Å²) in [5.41, 5.74) is 8.20. The van der Waals surface area contributed by atoms with E-state index in [0.717, 1.165) is 22.8 Å². The number of hydrogen-bond donors (Lipinski definition) is 1. The van der Waals surface area contributed by atoms with Gasteiger partial charge in [-0.15, -0.1) is 0 Å². The molecular weight excluding hydrogens is 282 g/mol. The molecule has 2 aromatic rings. The predicted molar refractivity (Wildman–Crippen MR) is 89.1 cm³/mol. The fourth-order valence-electron chi connectivity index (χ4n) is 2.31. The molecule has 3 heteroatoms. The summed E-state index contributed by atoms with van der Waals surface area (Å²) < 4.78 is 5.85. The van der Waals surface area contributed by atoms with Crippen LogP contribution in [-0.4, -0.2) is 13.2 Å². The summed E-state index contributed by atoms with van der Waals surface area (Å²) in [6.07, 6.45) is 0.870. The first-order chi connectivity index (χ1) is 10.0. The summed E-state index contributed by atoms with van der Waals surface area (Å²) in [6.45, 7) is 5.38. The Morgan fingerprint density at radius 3 is 2.48 bits per heavy atom. The van der Waals surface area contributed by atoms with Crippen molar-refractivity contribution in [3.8, 4) is 5.75 Å². The van der Waals surface area contributed by atoms with Gasteiger partial charge in [-0.05, 0) is 42.7 Å². The Kier molecular flexibility index (Phi) is 5.27. The molecule has 1 unspecified atom stereocenters. The van der Waals surface area contributed by atoms with Crippen molar-refractivity contribution in [3.05, 3.63) is 64.7 Å². The molecule has 0 fully saturated rings. The number of ether oxygens (including phenoxy) is 1. The summed E-state index contributed by atoms with van der Waals surface area (Å²) in [5.74, 6) is 0.851. The molecule has 0 radical (unpaired) electrons. The van der Waals surface area contributed by atoms with Gasteiger partial charge in [-0.1, -0.05) is 48.9 Å². The van der Waals surface area contributed by atoms with Gasteiger partial charge in [0.15, 0.2) is 0 Å². The van der Waals surface area contributed by atoms with E-state index in [0.29, 0.717) is 13.2 Å². The largest absolute Gasteiger partial charge is 0.494 e. The fourth-order valence-corrected chi connectivity index (χ4v) is 2.42. The van der Waals surface area contributed by atoms with E-state index in [1.807, 2.05) is 43.3 Å². The van der Waals surface area contributed by atoms with E-state index >= 15 is 0 Å². The average Bonchev–Trinajstić information content (AvgIpc) is 2.51. The topological polar surface area (TPSA) is 35.2 Å². The lowest BCUT2D eigenvalue weighted by Crippen LogP contribution is -2.33. The molecule has 21 heavy (non-hydrogen) atoms. The molecule has 1 atom stereocenters. The Bertz CT molecular complexity index is 585. The second-order valence-corrected chi connectivity index (χ2v) is 6.05. The number of nitrogens with two attached hydrogens (primary N) is 1. The van der Waals surface area contributed by atoms with Crippen LogP contribution >= 0.6 is 11.6 Å². The summed E-state index contributed by atoms with van der Waals surface area (Å²) >= 11 is 6.02. The summed E-state index contributed by atoms with van der Waals surface area (Å²) in [7, 11) is 0. The average molecular weight is 304 g/mol. The first kappa shape index (κ1) is 15.9. The molecule has 2 nitrogen and oxygen atoms in total. The standard InChI is InChI=1S/C18H22ClNO/c1-14-12-16(8-9-17(14)19)21-11-10-18(2,13-20)15-6-4-3-5-7-15/h3-9,12H,10-11,13,20H2,1-2H3. The van der Waals surface area contributed by atoms with Crippen LogP contribution in [0, 0.1) is 6.92 Å². The highest BCUT2D eigenvalue weighted by Gasteiger charge is 2.24. The Labute approximate surface area is 131 Å². The van der Waals surface area contributed by atoms with Crippen LogP contribution in [-0.2, 0) is 5.41 Å². The van der Waals surface area contributed by atoms with Crippen molar-refractivity contribution in [2.24, 2.45) is 5.73 Å². The fraction of sp³-hybridized carbons (Fsp3) is 0.333. The van der Waals surface area contributed by atoms with Crippen molar-refractivity contribution >= 4 is 11.6 Å². The van der Waals surface area contributed by atoms with E-state index in [4.69, 9.17) is 22.1 Å². The van der Waals surface area contributed by atoms with Crippen molar-refractivity contribution in [3.63, 3.8) is 0 Å². The maximum atomic E-state index is 6.02. The number of benzene rings is 2. The van der Waals surface area contributed by atoms with Crippen molar-refractivity contribution < 1.29 is 4.74 Å². The predicted octanol–water partition coefficient (Wildman–Crippen LogP) is 4.33. The van der Waals surface area contributed by atoms with Crippen LogP contribution in [0.1, 0.15) is 24.5 Å². The third-order valence-corrected chi connectivity index (χ3v) is 4.40.